The lowest BCUT2D eigenvalue weighted by Crippen LogP contribution is -2.63. The first kappa shape index (κ1) is 15.5. The van der Waals surface area contributed by atoms with Gasteiger partial charge in [0.25, 0.3) is 0 Å². The minimum Gasteiger partial charge on any atom is -0.479 e. The lowest BCUT2D eigenvalue weighted by Gasteiger charge is -2.30. The number of rotatable bonds is 3. The molecule has 0 aromatic heterocycles. The van der Waals surface area contributed by atoms with Gasteiger partial charge in [0, 0.05) is 25.6 Å². The molecule has 1 aliphatic heterocycles. The summed E-state index contributed by atoms with van der Waals surface area (Å²) in [5.74, 6) is -2.36. The predicted molar refractivity (Wildman–Crippen MR) is 57.4 cm³/mol. The van der Waals surface area contributed by atoms with Crippen LogP contribution < -0.4 is 5.32 Å². The molecule has 1 fully saturated rings. The van der Waals surface area contributed by atoms with Crippen LogP contribution in [0.5, 0.6) is 0 Å². The number of halogens is 3. The highest BCUT2D eigenvalue weighted by Gasteiger charge is 2.59. The molecule has 1 heterocycles. The molecular formula is C10H15F3N2O4. The van der Waals surface area contributed by atoms with Crippen LogP contribution in [0.4, 0.5) is 18.0 Å². The highest BCUT2D eigenvalue weighted by Crippen LogP contribution is 2.31. The van der Waals surface area contributed by atoms with E-state index in [2.05, 4.69) is 0 Å². The Balaban J connectivity index is 2.77. The quantitative estimate of drug-likeness (QED) is 0.700. The maximum Gasteiger partial charge on any atom is 0.422 e. The van der Waals surface area contributed by atoms with Gasteiger partial charge < -0.3 is 20.4 Å². The fourth-order valence-electron chi connectivity index (χ4n) is 1.70. The van der Waals surface area contributed by atoms with Gasteiger partial charge in [-0.3, -0.25) is 0 Å². The molecule has 0 aromatic rings. The SMILES string of the molecule is CC(NC(=O)N1CCC(CO)C1)(C(=O)O)C(F)(F)F. The van der Waals surface area contributed by atoms with Gasteiger partial charge in [0.05, 0.1) is 0 Å². The summed E-state index contributed by atoms with van der Waals surface area (Å²) in [4.78, 5) is 23.5. The largest absolute Gasteiger partial charge is 0.479 e. The monoisotopic (exact) mass is 284 g/mol. The van der Waals surface area contributed by atoms with Crippen LogP contribution in [0.15, 0.2) is 0 Å². The number of nitrogens with one attached hydrogen (secondary N) is 1. The summed E-state index contributed by atoms with van der Waals surface area (Å²) in [6, 6.07) is -1.10. The highest BCUT2D eigenvalue weighted by atomic mass is 19.4. The summed E-state index contributed by atoms with van der Waals surface area (Å²) in [5, 5.41) is 19.0. The molecule has 0 saturated carbocycles. The van der Waals surface area contributed by atoms with Crippen LogP contribution in [-0.4, -0.2) is 58.5 Å². The molecule has 0 bridgehead atoms. The molecule has 9 heteroatoms. The number of aliphatic carboxylic acids is 1. The van der Waals surface area contributed by atoms with Crippen molar-refractivity contribution in [3.63, 3.8) is 0 Å². The zero-order valence-corrected chi connectivity index (χ0v) is 10.2. The Kier molecular flexibility index (Phi) is 4.28. The number of alkyl halides is 3. The second kappa shape index (κ2) is 5.24. The van der Waals surface area contributed by atoms with Crippen LogP contribution >= 0.6 is 0 Å². The second-order valence-electron chi connectivity index (χ2n) is 4.64. The summed E-state index contributed by atoms with van der Waals surface area (Å²) < 4.78 is 38.1. The number of hydrogen-bond acceptors (Lipinski definition) is 3. The van der Waals surface area contributed by atoms with Crippen LogP contribution in [0, 0.1) is 5.92 Å². The zero-order valence-electron chi connectivity index (χ0n) is 10.2. The number of carbonyl (C=O) groups is 2. The van der Waals surface area contributed by atoms with Crippen LogP contribution in [0.1, 0.15) is 13.3 Å². The average molecular weight is 284 g/mol. The van der Waals surface area contributed by atoms with E-state index in [9.17, 15) is 22.8 Å². The Bertz CT molecular complexity index is 374. The van der Waals surface area contributed by atoms with E-state index in [1.165, 1.54) is 5.32 Å². The zero-order chi connectivity index (χ0) is 14.8. The third kappa shape index (κ3) is 3.09. The molecule has 19 heavy (non-hydrogen) atoms. The minimum absolute atomic E-state index is 0.107. The molecule has 0 spiro atoms. The van der Waals surface area contributed by atoms with E-state index >= 15 is 0 Å². The fourth-order valence-corrected chi connectivity index (χ4v) is 1.70. The van der Waals surface area contributed by atoms with E-state index in [0.29, 0.717) is 13.3 Å². The normalized spacial score (nSPS) is 23.0. The number of amides is 2. The molecule has 6 nitrogen and oxygen atoms in total. The predicted octanol–water partition coefficient (Wildman–Crippen LogP) is 0.416. The van der Waals surface area contributed by atoms with Crippen molar-refractivity contribution in [1.82, 2.24) is 10.2 Å². The summed E-state index contributed by atoms with van der Waals surface area (Å²) in [5.41, 5.74) is -3.33. The molecular weight excluding hydrogens is 269 g/mol. The first-order valence-electron chi connectivity index (χ1n) is 5.60. The van der Waals surface area contributed by atoms with Crippen molar-refractivity contribution in [3.05, 3.63) is 0 Å². The molecule has 2 unspecified atom stereocenters. The lowest BCUT2D eigenvalue weighted by molar-refractivity contribution is -0.203. The number of aliphatic hydroxyl groups is 1. The summed E-state index contributed by atoms with van der Waals surface area (Å²) in [6.45, 7) is 0.520. The number of carboxylic acid groups (broad SMARTS) is 1. The van der Waals surface area contributed by atoms with Crippen LogP contribution in [0.2, 0.25) is 0 Å². The Labute approximate surface area is 107 Å². The molecule has 1 rings (SSSR count). The van der Waals surface area contributed by atoms with Crippen LogP contribution in [0.3, 0.4) is 0 Å². The van der Waals surface area contributed by atoms with Crippen molar-refractivity contribution < 1.29 is 33.0 Å². The maximum absolute atomic E-state index is 12.7. The van der Waals surface area contributed by atoms with Crippen molar-refractivity contribution in [2.45, 2.75) is 25.1 Å². The molecule has 1 aliphatic rings. The van der Waals surface area contributed by atoms with Gasteiger partial charge in [0.2, 0.25) is 5.54 Å². The first-order chi connectivity index (χ1) is 8.61. The number of likely N-dealkylation sites (tertiary alicyclic amines) is 1. The van der Waals surface area contributed by atoms with Crippen LogP contribution in [-0.2, 0) is 4.79 Å². The Morgan fingerprint density at radius 2 is 2.00 bits per heavy atom. The lowest BCUT2D eigenvalue weighted by atomic mass is 10.0. The van der Waals surface area contributed by atoms with Crippen LogP contribution in [0.25, 0.3) is 0 Å². The van der Waals surface area contributed by atoms with Gasteiger partial charge in [-0.1, -0.05) is 0 Å². The fraction of sp³-hybridized carbons (Fsp3) is 0.800. The molecule has 2 atom stereocenters. The van der Waals surface area contributed by atoms with Gasteiger partial charge in [0.1, 0.15) is 0 Å². The molecule has 3 N–H and O–H groups in total. The molecule has 0 aromatic carbocycles. The standard InChI is InChI=1S/C10H15F3N2O4/c1-9(7(17)18,10(11,12)13)14-8(19)15-3-2-6(4-15)5-16/h6,16H,2-5H2,1H3,(H,14,19)(H,17,18). The number of carboxylic acids is 1. The van der Waals surface area contributed by atoms with Crippen molar-refractivity contribution >= 4 is 12.0 Å². The van der Waals surface area contributed by atoms with E-state index in [1.807, 2.05) is 0 Å². The van der Waals surface area contributed by atoms with E-state index in [1.54, 1.807) is 0 Å². The Morgan fingerprint density at radius 3 is 2.37 bits per heavy atom. The first-order valence-corrected chi connectivity index (χ1v) is 5.60. The molecule has 2 amide bonds. The number of nitrogens with zero attached hydrogens (tertiary/aromatic N) is 1. The van der Waals surface area contributed by atoms with Crippen molar-refractivity contribution in [2.75, 3.05) is 19.7 Å². The van der Waals surface area contributed by atoms with E-state index in [4.69, 9.17) is 10.2 Å². The van der Waals surface area contributed by atoms with Crippen molar-refractivity contribution in [3.8, 4) is 0 Å². The van der Waals surface area contributed by atoms with E-state index in [-0.39, 0.29) is 25.6 Å². The molecule has 0 aliphatic carbocycles. The Hall–Kier alpha value is -1.51. The Morgan fingerprint density at radius 1 is 1.42 bits per heavy atom. The second-order valence-corrected chi connectivity index (χ2v) is 4.64. The third-order valence-electron chi connectivity index (χ3n) is 3.18. The number of carbonyl (C=O) groups excluding carboxylic acids is 1. The number of aliphatic hydroxyl groups excluding tert-OH is 1. The summed E-state index contributed by atoms with van der Waals surface area (Å²) in [6.07, 6.45) is -4.63. The van der Waals surface area contributed by atoms with E-state index < -0.39 is 23.7 Å². The number of hydrogen-bond donors (Lipinski definition) is 3. The topological polar surface area (TPSA) is 89.9 Å². The van der Waals surface area contributed by atoms with Gasteiger partial charge in [-0.15, -0.1) is 0 Å². The summed E-state index contributed by atoms with van der Waals surface area (Å²) >= 11 is 0. The molecule has 110 valence electrons. The maximum atomic E-state index is 12.7. The smallest absolute Gasteiger partial charge is 0.422 e. The highest BCUT2D eigenvalue weighted by molar-refractivity contribution is 5.86. The van der Waals surface area contributed by atoms with Crippen molar-refractivity contribution in [1.29, 1.82) is 0 Å². The summed E-state index contributed by atoms with van der Waals surface area (Å²) in [7, 11) is 0. The van der Waals surface area contributed by atoms with E-state index in [0.717, 1.165) is 4.90 Å². The molecule has 1 saturated heterocycles. The van der Waals surface area contributed by atoms with Crippen molar-refractivity contribution in [2.24, 2.45) is 5.92 Å². The average Bonchev–Trinajstić information content (AvgIpc) is 2.75. The number of urea groups is 1. The van der Waals surface area contributed by atoms with Gasteiger partial charge in [-0.25, -0.2) is 9.59 Å². The molecule has 0 radical (unpaired) electrons. The van der Waals surface area contributed by atoms with Gasteiger partial charge in [0.15, 0.2) is 0 Å². The van der Waals surface area contributed by atoms with Gasteiger partial charge in [-0.2, -0.15) is 13.2 Å². The third-order valence-corrected chi connectivity index (χ3v) is 3.18. The van der Waals surface area contributed by atoms with Gasteiger partial charge in [-0.05, 0) is 13.3 Å². The van der Waals surface area contributed by atoms with Gasteiger partial charge >= 0.3 is 18.2 Å². The minimum atomic E-state index is -5.11.